The van der Waals surface area contributed by atoms with Crippen molar-refractivity contribution in [3.05, 3.63) is 94.5 Å². The van der Waals surface area contributed by atoms with E-state index in [1.54, 1.807) is 24.3 Å². The van der Waals surface area contributed by atoms with Gasteiger partial charge in [-0.05, 0) is 35.4 Å². The summed E-state index contributed by atoms with van der Waals surface area (Å²) in [5.41, 5.74) is 2.10. The average Bonchev–Trinajstić information content (AvgIpc) is 2.83. The Morgan fingerprint density at radius 2 is 1.62 bits per heavy atom. The highest BCUT2D eigenvalue weighted by Crippen LogP contribution is 2.30. The summed E-state index contributed by atoms with van der Waals surface area (Å²) in [4.78, 5) is 25.5. The Hall–Kier alpha value is -3.51. The van der Waals surface area contributed by atoms with Crippen LogP contribution >= 0.6 is 11.6 Å². The molecule has 0 spiro atoms. The molecular weight excluding hydrogens is 428 g/mol. The van der Waals surface area contributed by atoms with E-state index in [2.05, 4.69) is 10.6 Å². The van der Waals surface area contributed by atoms with E-state index in [1.807, 2.05) is 48.5 Å². The topological polar surface area (TPSA) is 76.7 Å². The van der Waals surface area contributed by atoms with Crippen LogP contribution in [0.25, 0.3) is 0 Å². The summed E-state index contributed by atoms with van der Waals surface area (Å²) in [6.45, 7) is 1.38. The van der Waals surface area contributed by atoms with E-state index in [9.17, 15) is 9.59 Å². The summed E-state index contributed by atoms with van der Waals surface area (Å²) in [5.74, 6) is 0.868. The van der Waals surface area contributed by atoms with Crippen LogP contribution in [0.3, 0.4) is 0 Å². The van der Waals surface area contributed by atoms with Crippen molar-refractivity contribution in [3.8, 4) is 11.5 Å². The molecule has 6 nitrogen and oxygen atoms in total. The van der Waals surface area contributed by atoms with Crippen LogP contribution in [0.2, 0.25) is 5.02 Å². The summed E-state index contributed by atoms with van der Waals surface area (Å²) in [6.07, 6.45) is 0.0881. The predicted octanol–water partition coefficient (Wildman–Crippen LogP) is 4.29. The van der Waals surface area contributed by atoms with Gasteiger partial charge in [0, 0.05) is 6.54 Å². The molecule has 164 valence electrons. The zero-order valence-electron chi connectivity index (χ0n) is 17.3. The van der Waals surface area contributed by atoms with Gasteiger partial charge in [0.25, 0.3) is 5.91 Å². The Morgan fingerprint density at radius 3 is 2.41 bits per heavy atom. The van der Waals surface area contributed by atoms with Crippen LogP contribution in [0, 0.1) is 0 Å². The molecule has 0 aliphatic carbocycles. The number of carbonyl (C=O) groups is 2. The molecule has 1 heterocycles. The molecule has 2 N–H and O–H groups in total. The number of halogens is 1. The lowest BCUT2D eigenvalue weighted by molar-refractivity contribution is -0.121. The smallest absolute Gasteiger partial charge is 0.253 e. The Labute approximate surface area is 191 Å². The van der Waals surface area contributed by atoms with Crippen LogP contribution in [-0.2, 0) is 11.3 Å². The lowest BCUT2D eigenvalue weighted by atomic mass is 10.0. The van der Waals surface area contributed by atoms with Crippen LogP contribution in [0.1, 0.15) is 33.9 Å². The average molecular weight is 451 g/mol. The van der Waals surface area contributed by atoms with Crippen LogP contribution < -0.4 is 20.1 Å². The van der Waals surface area contributed by atoms with Crippen LogP contribution in [-0.4, -0.2) is 25.0 Å². The predicted molar refractivity (Wildman–Crippen MR) is 122 cm³/mol. The van der Waals surface area contributed by atoms with Crippen molar-refractivity contribution in [2.45, 2.75) is 19.0 Å². The number of ether oxygens (including phenoxy) is 2. The van der Waals surface area contributed by atoms with Crippen molar-refractivity contribution in [3.63, 3.8) is 0 Å². The minimum atomic E-state index is -0.500. The number of rotatable bonds is 7. The molecule has 1 unspecified atom stereocenters. The molecule has 0 radical (unpaired) electrons. The largest absolute Gasteiger partial charge is 0.486 e. The first-order valence-electron chi connectivity index (χ1n) is 10.4. The Bertz CT molecular complexity index is 1100. The quantitative estimate of drug-likeness (QED) is 0.563. The van der Waals surface area contributed by atoms with E-state index in [1.165, 1.54) is 0 Å². The maximum atomic E-state index is 12.8. The molecule has 2 amide bonds. The van der Waals surface area contributed by atoms with Gasteiger partial charge in [-0.3, -0.25) is 9.59 Å². The monoisotopic (exact) mass is 450 g/mol. The molecule has 0 saturated heterocycles. The molecule has 1 aliphatic rings. The number of amides is 2. The van der Waals surface area contributed by atoms with Crippen LogP contribution in [0.5, 0.6) is 11.5 Å². The Kier molecular flexibility index (Phi) is 6.92. The Morgan fingerprint density at radius 1 is 0.906 bits per heavy atom. The number of fused-ring (bicyclic) bond motifs is 1. The number of benzene rings is 3. The zero-order valence-corrected chi connectivity index (χ0v) is 18.1. The lowest BCUT2D eigenvalue weighted by Crippen LogP contribution is -2.33. The molecule has 7 heteroatoms. The molecule has 0 fully saturated rings. The Balaban J connectivity index is 1.42. The fraction of sp³-hybridized carbons (Fsp3) is 0.200. The highest BCUT2D eigenvalue weighted by molar-refractivity contribution is 6.33. The second kappa shape index (κ2) is 10.2. The van der Waals surface area contributed by atoms with Gasteiger partial charge in [-0.1, -0.05) is 60.1 Å². The number of carbonyl (C=O) groups excluding carboxylic acids is 2. The van der Waals surface area contributed by atoms with E-state index < -0.39 is 6.04 Å². The van der Waals surface area contributed by atoms with E-state index >= 15 is 0 Å². The van der Waals surface area contributed by atoms with E-state index in [-0.39, 0.29) is 18.2 Å². The van der Waals surface area contributed by atoms with Gasteiger partial charge < -0.3 is 20.1 Å². The van der Waals surface area contributed by atoms with Gasteiger partial charge in [0.1, 0.15) is 13.2 Å². The first-order chi connectivity index (χ1) is 15.6. The zero-order chi connectivity index (χ0) is 22.3. The van der Waals surface area contributed by atoms with Gasteiger partial charge in [-0.15, -0.1) is 0 Å². The van der Waals surface area contributed by atoms with Crippen molar-refractivity contribution in [1.29, 1.82) is 0 Å². The summed E-state index contributed by atoms with van der Waals surface area (Å²) >= 11 is 6.16. The molecule has 3 aromatic carbocycles. The number of nitrogens with one attached hydrogen (secondary N) is 2. The summed E-state index contributed by atoms with van der Waals surface area (Å²) in [6, 6.07) is 21.3. The van der Waals surface area contributed by atoms with Gasteiger partial charge in [0.05, 0.1) is 23.0 Å². The standard InChI is InChI=1S/C25H23ClN2O4/c26-20-9-5-4-8-19(20)25(30)28-21(18-6-2-1-3-7-18)15-24(29)27-16-17-10-11-22-23(14-17)32-13-12-31-22/h1-11,14,21H,12-13,15-16H2,(H,27,29)(H,28,30). The van der Waals surface area contributed by atoms with Crippen molar-refractivity contribution < 1.29 is 19.1 Å². The molecule has 0 saturated carbocycles. The molecule has 1 aliphatic heterocycles. The third-order valence-electron chi connectivity index (χ3n) is 5.11. The molecule has 0 bridgehead atoms. The van der Waals surface area contributed by atoms with E-state index in [0.29, 0.717) is 41.8 Å². The van der Waals surface area contributed by atoms with Gasteiger partial charge in [-0.25, -0.2) is 0 Å². The third-order valence-corrected chi connectivity index (χ3v) is 5.44. The molecule has 32 heavy (non-hydrogen) atoms. The second-order valence-electron chi connectivity index (χ2n) is 7.38. The van der Waals surface area contributed by atoms with E-state index in [4.69, 9.17) is 21.1 Å². The summed E-state index contributed by atoms with van der Waals surface area (Å²) in [7, 11) is 0. The third kappa shape index (κ3) is 5.39. The van der Waals surface area contributed by atoms with Gasteiger partial charge in [0.2, 0.25) is 5.91 Å². The maximum Gasteiger partial charge on any atom is 0.253 e. The van der Waals surface area contributed by atoms with Crippen LogP contribution in [0.15, 0.2) is 72.8 Å². The number of hydrogen-bond acceptors (Lipinski definition) is 4. The number of hydrogen-bond donors (Lipinski definition) is 2. The van der Waals surface area contributed by atoms with Crippen molar-refractivity contribution in [1.82, 2.24) is 10.6 Å². The first kappa shape index (κ1) is 21.7. The van der Waals surface area contributed by atoms with Gasteiger partial charge in [-0.2, -0.15) is 0 Å². The minimum absolute atomic E-state index is 0.0881. The SMILES string of the molecule is O=C(CC(NC(=O)c1ccccc1Cl)c1ccccc1)NCc1ccc2c(c1)OCCO2. The van der Waals surface area contributed by atoms with E-state index in [0.717, 1.165) is 11.1 Å². The van der Waals surface area contributed by atoms with Crippen molar-refractivity contribution in [2.24, 2.45) is 0 Å². The fourth-order valence-corrected chi connectivity index (χ4v) is 3.70. The maximum absolute atomic E-state index is 12.8. The molecule has 3 aromatic rings. The fourth-order valence-electron chi connectivity index (χ4n) is 3.47. The van der Waals surface area contributed by atoms with Gasteiger partial charge >= 0.3 is 0 Å². The highest BCUT2D eigenvalue weighted by atomic mass is 35.5. The summed E-state index contributed by atoms with van der Waals surface area (Å²) in [5, 5.41) is 6.22. The highest BCUT2D eigenvalue weighted by Gasteiger charge is 2.20. The minimum Gasteiger partial charge on any atom is -0.486 e. The van der Waals surface area contributed by atoms with Gasteiger partial charge in [0.15, 0.2) is 11.5 Å². The molecule has 0 aromatic heterocycles. The molecular formula is C25H23ClN2O4. The van der Waals surface area contributed by atoms with Crippen molar-refractivity contribution >= 4 is 23.4 Å². The molecule has 4 rings (SSSR count). The second-order valence-corrected chi connectivity index (χ2v) is 7.78. The van der Waals surface area contributed by atoms with Crippen LogP contribution in [0.4, 0.5) is 0 Å². The molecule has 1 atom stereocenters. The summed E-state index contributed by atoms with van der Waals surface area (Å²) < 4.78 is 11.1. The first-order valence-corrected chi connectivity index (χ1v) is 10.7. The van der Waals surface area contributed by atoms with Crippen molar-refractivity contribution in [2.75, 3.05) is 13.2 Å². The normalized spacial score (nSPS) is 13.2. The lowest BCUT2D eigenvalue weighted by Gasteiger charge is -2.20.